The van der Waals surface area contributed by atoms with E-state index in [1.165, 1.54) is 11.8 Å². The molecule has 1 aromatic heterocycles. The number of benzene rings is 1. The van der Waals surface area contributed by atoms with Gasteiger partial charge in [0.15, 0.2) is 5.16 Å². The van der Waals surface area contributed by atoms with Crippen molar-refractivity contribution < 1.29 is 4.39 Å². The Bertz CT molecular complexity index is 614. The Morgan fingerprint density at radius 1 is 1.24 bits per heavy atom. The van der Waals surface area contributed by atoms with Crippen LogP contribution in [-0.4, -0.2) is 16.5 Å². The standard InChI is InChI=1S/C16H20FN3S/c1-5-18-12(4)13-7-14(17)11(3)6-15(13)21-16-19-8-10(2)9-20-16/h6-9,12,18H,5H2,1-4H3. The smallest absolute Gasteiger partial charge is 0.192 e. The molecule has 21 heavy (non-hydrogen) atoms. The van der Waals surface area contributed by atoms with Gasteiger partial charge in [-0.2, -0.15) is 0 Å². The summed E-state index contributed by atoms with van der Waals surface area (Å²) in [6.07, 6.45) is 3.58. The minimum Gasteiger partial charge on any atom is -0.310 e. The Kier molecular flexibility index (Phi) is 5.31. The molecule has 0 aliphatic carbocycles. The first-order valence-corrected chi connectivity index (χ1v) is 7.82. The lowest BCUT2D eigenvalue weighted by Gasteiger charge is -2.17. The lowest BCUT2D eigenvalue weighted by atomic mass is 10.1. The van der Waals surface area contributed by atoms with Gasteiger partial charge >= 0.3 is 0 Å². The van der Waals surface area contributed by atoms with Gasteiger partial charge in [-0.25, -0.2) is 14.4 Å². The average molecular weight is 305 g/mol. The van der Waals surface area contributed by atoms with E-state index in [4.69, 9.17) is 0 Å². The first-order valence-electron chi connectivity index (χ1n) is 7.01. The maximum Gasteiger partial charge on any atom is 0.192 e. The van der Waals surface area contributed by atoms with Crippen LogP contribution in [0.1, 0.15) is 36.6 Å². The number of hydrogen-bond donors (Lipinski definition) is 1. The Balaban J connectivity index is 2.36. The molecule has 0 amide bonds. The maximum absolute atomic E-state index is 13.9. The monoisotopic (exact) mass is 305 g/mol. The fourth-order valence-electron chi connectivity index (χ4n) is 2.05. The van der Waals surface area contributed by atoms with Crippen molar-refractivity contribution in [2.75, 3.05) is 6.54 Å². The summed E-state index contributed by atoms with van der Waals surface area (Å²) in [5, 5.41) is 4.00. The normalized spacial score (nSPS) is 12.4. The number of aryl methyl sites for hydroxylation is 2. The van der Waals surface area contributed by atoms with Crippen molar-refractivity contribution in [1.29, 1.82) is 0 Å². The molecule has 0 saturated carbocycles. The molecule has 0 saturated heterocycles. The number of nitrogens with one attached hydrogen (secondary N) is 1. The topological polar surface area (TPSA) is 37.8 Å². The van der Waals surface area contributed by atoms with Crippen LogP contribution in [0.2, 0.25) is 0 Å². The van der Waals surface area contributed by atoms with Gasteiger partial charge in [-0.05, 0) is 67.9 Å². The Hall–Kier alpha value is -1.46. The van der Waals surface area contributed by atoms with Gasteiger partial charge in [0.05, 0.1) is 0 Å². The lowest BCUT2D eigenvalue weighted by Crippen LogP contribution is -2.18. The van der Waals surface area contributed by atoms with Gasteiger partial charge in [0.25, 0.3) is 0 Å². The molecule has 1 heterocycles. The van der Waals surface area contributed by atoms with E-state index in [1.807, 2.05) is 26.8 Å². The van der Waals surface area contributed by atoms with Crippen LogP contribution in [0.4, 0.5) is 4.39 Å². The van der Waals surface area contributed by atoms with Crippen LogP contribution < -0.4 is 5.32 Å². The molecule has 2 rings (SSSR count). The highest BCUT2D eigenvalue weighted by Gasteiger charge is 2.15. The summed E-state index contributed by atoms with van der Waals surface area (Å²) in [5.74, 6) is -0.177. The SMILES string of the molecule is CCNC(C)c1cc(F)c(C)cc1Sc1ncc(C)cn1. The molecule has 1 aromatic carbocycles. The number of aromatic nitrogens is 2. The zero-order chi connectivity index (χ0) is 15.4. The minimum absolute atomic E-state index is 0.0815. The summed E-state index contributed by atoms with van der Waals surface area (Å²) < 4.78 is 13.9. The molecule has 0 fully saturated rings. The van der Waals surface area contributed by atoms with Crippen LogP contribution in [0.15, 0.2) is 34.6 Å². The second-order valence-electron chi connectivity index (χ2n) is 5.06. The highest BCUT2D eigenvalue weighted by atomic mass is 32.2. The van der Waals surface area contributed by atoms with Crippen molar-refractivity contribution in [1.82, 2.24) is 15.3 Å². The van der Waals surface area contributed by atoms with Crippen LogP contribution in [0.3, 0.4) is 0 Å². The predicted octanol–water partition coefficient (Wildman–Crippen LogP) is 4.05. The minimum atomic E-state index is -0.177. The van der Waals surface area contributed by atoms with Crippen LogP contribution in [0.25, 0.3) is 0 Å². The quantitative estimate of drug-likeness (QED) is 0.846. The molecule has 112 valence electrons. The average Bonchev–Trinajstić information content (AvgIpc) is 2.45. The van der Waals surface area contributed by atoms with E-state index in [9.17, 15) is 4.39 Å². The highest BCUT2D eigenvalue weighted by Crippen LogP contribution is 2.33. The van der Waals surface area contributed by atoms with E-state index in [2.05, 4.69) is 15.3 Å². The van der Waals surface area contributed by atoms with Crippen molar-refractivity contribution in [3.8, 4) is 0 Å². The molecule has 5 heteroatoms. The second-order valence-corrected chi connectivity index (χ2v) is 6.07. The number of halogens is 1. The second kappa shape index (κ2) is 7.00. The third kappa shape index (κ3) is 4.02. The number of hydrogen-bond acceptors (Lipinski definition) is 4. The van der Waals surface area contributed by atoms with E-state index in [0.29, 0.717) is 10.7 Å². The van der Waals surface area contributed by atoms with E-state index in [-0.39, 0.29) is 11.9 Å². The Morgan fingerprint density at radius 2 is 1.90 bits per heavy atom. The molecule has 3 nitrogen and oxygen atoms in total. The van der Waals surface area contributed by atoms with Crippen LogP contribution in [0.5, 0.6) is 0 Å². The van der Waals surface area contributed by atoms with Gasteiger partial charge in [-0.3, -0.25) is 0 Å². The lowest BCUT2D eigenvalue weighted by molar-refractivity contribution is 0.571. The molecule has 1 N–H and O–H groups in total. The third-order valence-corrected chi connectivity index (χ3v) is 4.19. The summed E-state index contributed by atoms with van der Waals surface area (Å²) in [7, 11) is 0. The van der Waals surface area contributed by atoms with Crippen LogP contribution in [-0.2, 0) is 0 Å². The molecule has 0 bridgehead atoms. The molecule has 0 aliphatic rings. The van der Waals surface area contributed by atoms with Gasteiger partial charge in [0.1, 0.15) is 5.82 Å². The Labute approximate surface area is 129 Å². The Morgan fingerprint density at radius 3 is 2.52 bits per heavy atom. The summed E-state index contributed by atoms with van der Waals surface area (Å²) in [6.45, 7) is 8.64. The van der Waals surface area contributed by atoms with Crippen molar-refractivity contribution >= 4 is 11.8 Å². The zero-order valence-electron chi connectivity index (χ0n) is 12.8. The van der Waals surface area contributed by atoms with E-state index in [1.54, 1.807) is 25.4 Å². The first-order chi connectivity index (χ1) is 10.0. The van der Waals surface area contributed by atoms with E-state index >= 15 is 0 Å². The molecule has 0 radical (unpaired) electrons. The third-order valence-electron chi connectivity index (χ3n) is 3.23. The first kappa shape index (κ1) is 15.9. The fraction of sp³-hybridized carbons (Fsp3) is 0.375. The summed E-state index contributed by atoms with van der Waals surface area (Å²) in [6, 6.07) is 3.56. The molecule has 0 spiro atoms. The van der Waals surface area contributed by atoms with E-state index < -0.39 is 0 Å². The van der Waals surface area contributed by atoms with Crippen molar-refractivity contribution in [3.05, 3.63) is 47.0 Å². The molecular formula is C16H20FN3S. The number of nitrogens with zero attached hydrogens (tertiary/aromatic N) is 2. The molecule has 1 atom stereocenters. The van der Waals surface area contributed by atoms with Crippen molar-refractivity contribution in [3.63, 3.8) is 0 Å². The summed E-state index contributed by atoms with van der Waals surface area (Å²) in [5.41, 5.74) is 2.60. The maximum atomic E-state index is 13.9. The van der Waals surface area contributed by atoms with Crippen molar-refractivity contribution in [2.24, 2.45) is 0 Å². The highest BCUT2D eigenvalue weighted by molar-refractivity contribution is 7.99. The van der Waals surface area contributed by atoms with Crippen molar-refractivity contribution in [2.45, 2.75) is 43.8 Å². The van der Waals surface area contributed by atoms with Gasteiger partial charge in [0, 0.05) is 23.3 Å². The van der Waals surface area contributed by atoms with Gasteiger partial charge < -0.3 is 5.32 Å². The molecular weight excluding hydrogens is 285 g/mol. The summed E-state index contributed by atoms with van der Waals surface area (Å²) >= 11 is 1.47. The largest absolute Gasteiger partial charge is 0.310 e. The van der Waals surface area contributed by atoms with Crippen LogP contribution in [0, 0.1) is 19.7 Å². The van der Waals surface area contributed by atoms with Gasteiger partial charge in [-0.15, -0.1) is 0 Å². The fourth-order valence-corrected chi connectivity index (χ4v) is 3.04. The molecule has 0 aliphatic heterocycles. The van der Waals surface area contributed by atoms with Gasteiger partial charge in [-0.1, -0.05) is 6.92 Å². The predicted molar refractivity (Wildman–Crippen MR) is 84.1 cm³/mol. The number of rotatable bonds is 5. The van der Waals surface area contributed by atoms with Gasteiger partial charge in [0.2, 0.25) is 0 Å². The molecule has 1 unspecified atom stereocenters. The molecule has 2 aromatic rings. The van der Waals surface area contributed by atoms with E-state index in [0.717, 1.165) is 22.6 Å². The summed E-state index contributed by atoms with van der Waals surface area (Å²) in [4.78, 5) is 9.61. The zero-order valence-corrected chi connectivity index (χ0v) is 13.6. The van der Waals surface area contributed by atoms with Crippen LogP contribution >= 0.6 is 11.8 Å².